The first kappa shape index (κ1) is 16.8. The largest absolute Gasteiger partial charge is 0.323 e. The van der Waals surface area contributed by atoms with Crippen LogP contribution in [0, 0.1) is 0 Å². The van der Waals surface area contributed by atoms with Gasteiger partial charge in [0, 0.05) is 25.4 Å². The van der Waals surface area contributed by atoms with Gasteiger partial charge in [0.15, 0.2) is 5.82 Å². The van der Waals surface area contributed by atoms with Crippen LogP contribution in [0.1, 0.15) is 18.9 Å². The quantitative estimate of drug-likeness (QED) is 0.730. The molecule has 0 saturated heterocycles. The summed E-state index contributed by atoms with van der Waals surface area (Å²) in [5.41, 5.74) is 2.07. The van der Waals surface area contributed by atoms with Gasteiger partial charge in [-0.05, 0) is 24.1 Å². The maximum absolute atomic E-state index is 12.6. The van der Waals surface area contributed by atoms with E-state index in [0.717, 1.165) is 17.7 Å². The van der Waals surface area contributed by atoms with E-state index < -0.39 is 0 Å². The Bertz CT molecular complexity index is 799. The van der Waals surface area contributed by atoms with Gasteiger partial charge in [-0.1, -0.05) is 55.5 Å². The Balaban J connectivity index is 1.68. The molecule has 0 fully saturated rings. The highest BCUT2D eigenvalue weighted by Crippen LogP contribution is 2.12. The molecule has 1 N–H and O–H groups in total. The second kappa shape index (κ2) is 8.15. The number of nitrogens with zero attached hydrogens (tertiary/aromatic N) is 3. The van der Waals surface area contributed by atoms with Crippen molar-refractivity contribution in [1.29, 1.82) is 0 Å². The van der Waals surface area contributed by atoms with E-state index in [1.54, 1.807) is 15.6 Å². The van der Waals surface area contributed by atoms with Crippen molar-refractivity contribution in [2.24, 2.45) is 0 Å². The predicted octanol–water partition coefficient (Wildman–Crippen LogP) is 4.32. The van der Waals surface area contributed by atoms with Crippen LogP contribution in [0.25, 0.3) is 5.69 Å². The molecule has 0 saturated carbocycles. The second-order valence-corrected chi connectivity index (χ2v) is 5.82. The smallest absolute Gasteiger partial charge is 0.320 e. The zero-order valence-electron chi connectivity index (χ0n) is 14.3. The van der Waals surface area contributed by atoms with Crippen LogP contribution < -0.4 is 5.32 Å². The lowest BCUT2D eigenvalue weighted by Gasteiger charge is -2.22. The Morgan fingerprint density at radius 2 is 1.72 bits per heavy atom. The van der Waals surface area contributed by atoms with Crippen LogP contribution in [0.4, 0.5) is 10.6 Å². The summed E-state index contributed by atoms with van der Waals surface area (Å²) in [6, 6.07) is 21.5. The number of hydrogen-bond donors (Lipinski definition) is 1. The van der Waals surface area contributed by atoms with E-state index in [2.05, 4.69) is 17.3 Å². The normalized spacial score (nSPS) is 10.4. The Kier molecular flexibility index (Phi) is 5.46. The molecule has 2 aromatic carbocycles. The first-order valence-corrected chi connectivity index (χ1v) is 8.47. The summed E-state index contributed by atoms with van der Waals surface area (Å²) >= 11 is 0. The Labute approximate surface area is 147 Å². The number of urea groups is 1. The van der Waals surface area contributed by atoms with Gasteiger partial charge in [0.25, 0.3) is 0 Å². The monoisotopic (exact) mass is 334 g/mol. The number of hydrogen-bond acceptors (Lipinski definition) is 2. The van der Waals surface area contributed by atoms with E-state index in [4.69, 9.17) is 0 Å². The van der Waals surface area contributed by atoms with Crippen LogP contribution in [0.2, 0.25) is 0 Å². The summed E-state index contributed by atoms with van der Waals surface area (Å²) in [5, 5.41) is 7.32. The van der Waals surface area contributed by atoms with Crippen LogP contribution in [0.3, 0.4) is 0 Å². The minimum absolute atomic E-state index is 0.135. The van der Waals surface area contributed by atoms with Gasteiger partial charge in [-0.25, -0.2) is 9.48 Å². The van der Waals surface area contributed by atoms with Crippen LogP contribution in [0.5, 0.6) is 0 Å². The number of carbonyl (C=O) groups is 1. The molecule has 5 nitrogen and oxygen atoms in total. The van der Waals surface area contributed by atoms with Crippen molar-refractivity contribution >= 4 is 11.8 Å². The van der Waals surface area contributed by atoms with E-state index in [-0.39, 0.29) is 6.03 Å². The van der Waals surface area contributed by atoms with Crippen LogP contribution in [0.15, 0.2) is 72.9 Å². The average Bonchev–Trinajstić information content (AvgIpc) is 3.11. The first-order chi connectivity index (χ1) is 12.3. The summed E-state index contributed by atoms with van der Waals surface area (Å²) < 4.78 is 1.75. The van der Waals surface area contributed by atoms with Crippen molar-refractivity contribution in [3.8, 4) is 5.69 Å². The third-order valence-electron chi connectivity index (χ3n) is 3.84. The molecule has 0 unspecified atom stereocenters. The van der Waals surface area contributed by atoms with Gasteiger partial charge in [0.1, 0.15) is 0 Å². The molecule has 25 heavy (non-hydrogen) atoms. The SMILES string of the molecule is CCCN(Cc1ccccc1)C(=O)Nc1ccn(-c2ccccc2)n1. The molecule has 0 aliphatic heterocycles. The summed E-state index contributed by atoms with van der Waals surface area (Å²) in [5.74, 6) is 0.544. The number of para-hydroxylation sites is 1. The van der Waals surface area contributed by atoms with E-state index in [9.17, 15) is 4.79 Å². The Morgan fingerprint density at radius 3 is 2.40 bits per heavy atom. The van der Waals surface area contributed by atoms with Crippen LogP contribution in [-0.4, -0.2) is 27.3 Å². The number of anilines is 1. The molecule has 0 aliphatic carbocycles. The maximum atomic E-state index is 12.6. The molecule has 128 valence electrons. The Hall–Kier alpha value is -3.08. The van der Waals surface area contributed by atoms with Gasteiger partial charge in [-0.15, -0.1) is 5.10 Å². The molecule has 1 aromatic heterocycles. The van der Waals surface area contributed by atoms with Gasteiger partial charge in [0.2, 0.25) is 0 Å². The topological polar surface area (TPSA) is 50.2 Å². The molecule has 5 heteroatoms. The minimum atomic E-state index is -0.135. The lowest BCUT2D eigenvalue weighted by molar-refractivity contribution is 0.209. The summed E-state index contributed by atoms with van der Waals surface area (Å²) in [6.07, 6.45) is 2.74. The van der Waals surface area contributed by atoms with Gasteiger partial charge >= 0.3 is 6.03 Å². The molecule has 0 radical (unpaired) electrons. The molecule has 3 aromatic rings. The number of amides is 2. The number of nitrogens with one attached hydrogen (secondary N) is 1. The zero-order valence-corrected chi connectivity index (χ0v) is 14.3. The average molecular weight is 334 g/mol. The summed E-state index contributed by atoms with van der Waals surface area (Å²) in [4.78, 5) is 14.4. The van der Waals surface area contributed by atoms with E-state index in [0.29, 0.717) is 18.9 Å². The molecule has 0 spiro atoms. The van der Waals surface area contributed by atoms with Crippen LogP contribution in [-0.2, 0) is 6.54 Å². The molecular weight excluding hydrogens is 312 g/mol. The highest BCUT2D eigenvalue weighted by atomic mass is 16.2. The van der Waals surface area contributed by atoms with E-state index >= 15 is 0 Å². The van der Waals surface area contributed by atoms with E-state index in [1.807, 2.05) is 66.9 Å². The molecule has 2 amide bonds. The van der Waals surface area contributed by atoms with Gasteiger partial charge < -0.3 is 4.90 Å². The molecule has 0 bridgehead atoms. The second-order valence-electron chi connectivity index (χ2n) is 5.82. The molecule has 0 atom stereocenters. The zero-order chi connectivity index (χ0) is 17.5. The lowest BCUT2D eigenvalue weighted by atomic mass is 10.2. The van der Waals surface area contributed by atoms with Crippen molar-refractivity contribution in [1.82, 2.24) is 14.7 Å². The fourth-order valence-electron chi connectivity index (χ4n) is 2.63. The van der Waals surface area contributed by atoms with Crippen molar-refractivity contribution in [2.75, 3.05) is 11.9 Å². The molecule has 1 heterocycles. The molecule has 3 rings (SSSR count). The fraction of sp³-hybridized carbons (Fsp3) is 0.200. The third kappa shape index (κ3) is 4.47. The standard InChI is InChI=1S/C20H22N4O/c1-2-14-23(16-17-9-5-3-6-10-17)20(25)21-19-13-15-24(22-19)18-11-7-4-8-12-18/h3-13,15H,2,14,16H2,1H3,(H,21,22,25). The molecular formula is C20H22N4O. The predicted molar refractivity (Wildman–Crippen MR) is 99.7 cm³/mol. The van der Waals surface area contributed by atoms with Crippen molar-refractivity contribution in [2.45, 2.75) is 19.9 Å². The summed E-state index contributed by atoms with van der Waals surface area (Å²) in [6.45, 7) is 3.34. The fourth-order valence-corrected chi connectivity index (χ4v) is 2.63. The highest BCUT2D eigenvalue weighted by molar-refractivity contribution is 5.88. The number of rotatable bonds is 6. The van der Waals surface area contributed by atoms with Gasteiger partial charge in [-0.3, -0.25) is 5.32 Å². The van der Waals surface area contributed by atoms with Crippen LogP contribution >= 0.6 is 0 Å². The van der Waals surface area contributed by atoms with Crippen molar-refractivity contribution in [3.63, 3.8) is 0 Å². The lowest BCUT2D eigenvalue weighted by Crippen LogP contribution is -2.35. The van der Waals surface area contributed by atoms with E-state index in [1.165, 1.54) is 0 Å². The minimum Gasteiger partial charge on any atom is -0.320 e. The van der Waals surface area contributed by atoms with Crippen molar-refractivity contribution in [3.05, 3.63) is 78.5 Å². The third-order valence-corrected chi connectivity index (χ3v) is 3.84. The Morgan fingerprint density at radius 1 is 1.04 bits per heavy atom. The summed E-state index contributed by atoms with van der Waals surface area (Å²) in [7, 11) is 0. The molecule has 0 aliphatic rings. The maximum Gasteiger partial charge on any atom is 0.323 e. The number of aromatic nitrogens is 2. The van der Waals surface area contributed by atoms with Gasteiger partial charge in [-0.2, -0.15) is 0 Å². The van der Waals surface area contributed by atoms with Gasteiger partial charge in [0.05, 0.1) is 5.69 Å². The highest BCUT2D eigenvalue weighted by Gasteiger charge is 2.14. The number of benzene rings is 2. The van der Waals surface area contributed by atoms with Crippen molar-refractivity contribution < 1.29 is 4.79 Å². The number of carbonyl (C=O) groups excluding carboxylic acids is 1. The first-order valence-electron chi connectivity index (χ1n) is 8.47.